The molecule has 1 N–H and O–H groups in total. The van der Waals surface area contributed by atoms with E-state index >= 15 is 0 Å². The lowest BCUT2D eigenvalue weighted by atomic mass is 10.1. The standard InChI is InChI=1S/C16H8Cl4N2O4S2/c17-8-3-13(19)16(14(20)4-8)28(25,26)21-15-7-27-6-11(15)10-5-9(22(23)24)1-2-12(10)18/h1-7,21H. The number of thiophene rings is 1. The highest BCUT2D eigenvalue weighted by molar-refractivity contribution is 7.93. The average Bonchev–Trinajstić information content (AvgIpc) is 3.00. The largest absolute Gasteiger partial charge is 0.278 e. The van der Waals surface area contributed by atoms with Crippen molar-refractivity contribution in [2.45, 2.75) is 4.90 Å². The van der Waals surface area contributed by atoms with Crippen molar-refractivity contribution in [2.24, 2.45) is 0 Å². The van der Waals surface area contributed by atoms with E-state index < -0.39 is 14.9 Å². The van der Waals surface area contributed by atoms with Crippen LogP contribution in [0.25, 0.3) is 11.1 Å². The Morgan fingerprint density at radius 2 is 1.57 bits per heavy atom. The third-order valence-corrected chi connectivity index (χ3v) is 7.17. The summed E-state index contributed by atoms with van der Waals surface area (Å²) in [5.74, 6) is 0. The van der Waals surface area contributed by atoms with E-state index in [9.17, 15) is 18.5 Å². The summed E-state index contributed by atoms with van der Waals surface area (Å²) in [6, 6.07) is 6.42. The molecule has 0 amide bonds. The molecule has 0 bridgehead atoms. The molecule has 0 aliphatic carbocycles. The Labute approximate surface area is 183 Å². The fourth-order valence-electron chi connectivity index (χ4n) is 2.40. The second-order valence-corrected chi connectivity index (χ2v) is 9.45. The van der Waals surface area contributed by atoms with Crippen LogP contribution in [0.4, 0.5) is 11.4 Å². The first-order valence-electron chi connectivity index (χ1n) is 7.28. The van der Waals surface area contributed by atoms with Gasteiger partial charge in [-0.15, -0.1) is 11.3 Å². The van der Waals surface area contributed by atoms with Crippen LogP contribution in [0, 0.1) is 10.1 Å². The molecule has 146 valence electrons. The second-order valence-electron chi connectivity index (χ2n) is 5.42. The summed E-state index contributed by atoms with van der Waals surface area (Å²) < 4.78 is 28.1. The highest BCUT2D eigenvalue weighted by atomic mass is 35.5. The summed E-state index contributed by atoms with van der Waals surface area (Å²) in [4.78, 5) is 10.2. The van der Waals surface area contributed by atoms with E-state index in [4.69, 9.17) is 46.4 Å². The third kappa shape index (κ3) is 4.22. The van der Waals surface area contributed by atoms with E-state index in [0.29, 0.717) is 11.1 Å². The molecule has 0 aliphatic heterocycles. The van der Waals surface area contributed by atoms with Gasteiger partial charge in [-0.3, -0.25) is 14.8 Å². The van der Waals surface area contributed by atoms with Crippen molar-refractivity contribution in [3.8, 4) is 11.1 Å². The number of hydrogen-bond donors (Lipinski definition) is 1. The molecule has 1 heterocycles. The number of hydrogen-bond acceptors (Lipinski definition) is 5. The van der Waals surface area contributed by atoms with Crippen molar-refractivity contribution >= 4 is 79.1 Å². The van der Waals surface area contributed by atoms with Crippen LogP contribution in [0.3, 0.4) is 0 Å². The van der Waals surface area contributed by atoms with E-state index in [1.807, 2.05) is 0 Å². The van der Waals surface area contributed by atoms with Gasteiger partial charge in [-0.05, 0) is 18.2 Å². The molecule has 0 spiro atoms. The van der Waals surface area contributed by atoms with Crippen LogP contribution >= 0.6 is 57.7 Å². The van der Waals surface area contributed by atoms with Gasteiger partial charge in [0.1, 0.15) is 4.90 Å². The van der Waals surface area contributed by atoms with Gasteiger partial charge in [-0.2, -0.15) is 0 Å². The first kappa shape index (κ1) is 21.2. The van der Waals surface area contributed by atoms with Gasteiger partial charge in [-0.1, -0.05) is 46.4 Å². The van der Waals surface area contributed by atoms with Gasteiger partial charge in [0.15, 0.2) is 0 Å². The van der Waals surface area contributed by atoms with Crippen LogP contribution in [0.5, 0.6) is 0 Å². The maximum absolute atomic E-state index is 12.8. The molecule has 6 nitrogen and oxygen atoms in total. The Kier molecular flexibility index (Phi) is 6.09. The molecule has 3 aromatic rings. The first-order valence-corrected chi connectivity index (χ1v) is 11.2. The first-order chi connectivity index (χ1) is 13.1. The summed E-state index contributed by atoms with van der Waals surface area (Å²) >= 11 is 25.2. The quantitative estimate of drug-likeness (QED) is 0.312. The van der Waals surface area contributed by atoms with Crippen LogP contribution in [0.2, 0.25) is 20.1 Å². The van der Waals surface area contributed by atoms with E-state index in [0.717, 1.165) is 0 Å². The molecule has 0 saturated heterocycles. The maximum atomic E-state index is 12.8. The van der Waals surface area contributed by atoms with Gasteiger partial charge in [0.2, 0.25) is 0 Å². The smallest absolute Gasteiger partial charge is 0.270 e. The zero-order valence-electron chi connectivity index (χ0n) is 13.5. The average molecular weight is 498 g/mol. The Hall–Kier alpha value is -1.55. The highest BCUT2D eigenvalue weighted by Gasteiger charge is 2.25. The molecule has 0 atom stereocenters. The maximum Gasteiger partial charge on any atom is 0.270 e. The van der Waals surface area contributed by atoms with E-state index in [1.165, 1.54) is 47.0 Å². The summed E-state index contributed by atoms with van der Waals surface area (Å²) in [6.45, 7) is 0. The van der Waals surface area contributed by atoms with Crippen LogP contribution in [-0.2, 0) is 10.0 Å². The minimum Gasteiger partial charge on any atom is -0.278 e. The van der Waals surface area contributed by atoms with E-state index in [-0.39, 0.29) is 36.4 Å². The normalized spacial score (nSPS) is 11.4. The van der Waals surface area contributed by atoms with Gasteiger partial charge in [0, 0.05) is 44.1 Å². The lowest BCUT2D eigenvalue weighted by molar-refractivity contribution is -0.384. The van der Waals surface area contributed by atoms with Gasteiger partial charge in [0.05, 0.1) is 20.7 Å². The zero-order chi connectivity index (χ0) is 20.6. The Balaban J connectivity index is 2.07. The number of nitro groups is 1. The highest BCUT2D eigenvalue weighted by Crippen LogP contribution is 2.40. The van der Waals surface area contributed by atoms with Crippen molar-refractivity contribution in [2.75, 3.05) is 4.72 Å². The summed E-state index contributed by atoms with van der Waals surface area (Å²) in [6.07, 6.45) is 0. The number of nitrogens with one attached hydrogen (secondary N) is 1. The lowest BCUT2D eigenvalue weighted by Gasteiger charge is -2.13. The predicted octanol–water partition coefficient (Wildman–Crippen LogP) is 6.74. The fraction of sp³-hybridized carbons (Fsp3) is 0. The molecule has 2 aromatic carbocycles. The Morgan fingerprint density at radius 1 is 0.929 bits per heavy atom. The molecular formula is C16H8Cl4N2O4S2. The summed E-state index contributed by atoms with van der Waals surface area (Å²) in [5.41, 5.74) is 0.685. The predicted molar refractivity (Wildman–Crippen MR) is 114 cm³/mol. The number of nitrogens with zero attached hydrogens (tertiary/aromatic N) is 1. The van der Waals surface area contributed by atoms with Crippen molar-refractivity contribution < 1.29 is 13.3 Å². The number of non-ortho nitro benzene ring substituents is 1. The second kappa shape index (κ2) is 8.06. The zero-order valence-corrected chi connectivity index (χ0v) is 18.1. The van der Waals surface area contributed by atoms with Gasteiger partial charge < -0.3 is 0 Å². The molecule has 3 rings (SSSR count). The molecule has 0 saturated carbocycles. The van der Waals surface area contributed by atoms with Crippen molar-refractivity contribution in [3.63, 3.8) is 0 Å². The summed E-state index contributed by atoms with van der Waals surface area (Å²) in [5, 5.41) is 14.3. The van der Waals surface area contributed by atoms with E-state index in [1.54, 1.807) is 5.38 Å². The minimum atomic E-state index is -4.17. The summed E-state index contributed by atoms with van der Waals surface area (Å²) in [7, 11) is -4.17. The van der Waals surface area contributed by atoms with Gasteiger partial charge in [-0.25, -0.2) is 8.42 Å². The van der Waals surface area contributed by atoms with Crippen molar-refractivity contribution in [3.05, 3.63) is 71.3 Å². The number of rotatable bonds is 5. The third-order valence-electron chi connectivity index (χ3n) is 3.59. The minimum absolute atomic E-state index is 0.143. The number of anilines is 1. The number of benzene rings is 2. The van der Waals surface area contributed by atoms with E-state index in [2.05, 4.69) is 4.72 Å². The molecule has 1 aromatic heterocycles. The Bertz CT molecular complexity index is 1170. The SMILES string of the molecule is O=[N+]([O-])c1ccc(Cl)c(-c2cscc2NS(=O)(=O)c2c(Cl)cc(Cl)cc2Cl)c1. The molecule has 12 heteroatoms. The fourth-order valence-corrected chi connectivity index (χ4v) is 6.09. The van der Waals surface area contributed by atoms with Gasteiger partial charge >= 0.3 is 0 Å². The van der Waals surface area contributed by atoms with Crippen LogP contribution in [0.15, 0.2) is 46.0 Å². The molecule has 0 fully saturated rings. The lowest BCUT2D eigenvalue weighted by Crippen LogP contribution is -2.14. The monoisotopic (exact) mass is 496 g/mol. The van der Waals surface area contributed by atoms with Crippen LogP contribution in [0.1, 0.15) is 0 Å². The molecular weight excluding hydrogens is 490 g/mol. The molecule has 28 heavy (non-hydrogen) atoms. The number of sulfonamides is 1. The molecule has 0 radical (unpaired) electrons. The van der Waals surface area contributed by atoms with Crippen molar-refractivity contribution in [1.29, 1.82) is 0 Å². The van der Waals surface area contributed by atoms with Crippen LogP contribution in [-0.4, -0.2) is 13.3 Å². The number of nitro benzene ring substituents is 1. The molecule has 0 aliphatic rings. The topological polar surface area (TPSA) is 89.3 Å². The number of halogens is 4. The van der Waals surface area contributed by atoms with Crippen molar-refractivity contribution in [1.82, 2.24) is 0 Å². The molecule has 0 unspecified atom stereocenters. The van der Waals surface area contributed by atoms with Crippen LogP contribution < -0.4 is 4.72 Å². The Morgan fingerprint density at radius 3 is 2.18 bits per heavy atom. The van der Waals surface area contributed by atoms with Gasteiger partial charge in [0.25, 0.3) is 15.7 Å².